The number of carbonyl (C=O) groups is 2. The third kappa shape index (κ3) is 6.23. The highest BCUT2D eigenvalue weighted by Crippen LogP contribution is 2.37. The van der Waals surface area contributed by atoms with E-state index in [-0.39, 0.29) is 36.6 Å². The highest BCUT2D eigenvalue weighted by atomic mass is 35.5. The van der Waals surface area contributed by atoms with Crippen LogP contribution in [0.5, 0.6) is 0 Å². The molecule has 2 aromatic rings. The van der Waals surface area contributed by atoms with Gasteiger partial charge in [-0.2, -0.15) is 0 Å². The summed E-state index contributed by atoms with van der Waals surface area (Å²) in [6.45, 7) is 1.43. The Kier molecular flexibility index (Phi) is 8.89. The van der Waals surface area contributed by atoms with Gasteiger partial charge in [-0.05, 0) is 31.2 Å². The van der Waals surface area contributed by atoms with Crippen LogP contribution in [0.1, 0.15) is 6.92 Å². The van der Waals surface area contributed by atoms with E-state index in [1.165, 1.54) is 19.1 Å². The van der Waals surface area contributed by atoms with Crippen LogP contribution < -0.4 is 5.32 Å². The first kappa shape index (κ1) is 23.7. The number of thioether (sulfide) groups is 1. The molecule has 1 amide bonds. The second-order valence-electron chi connectivity index (χ2n) is 5.33. The van der Waals surface area contributed by atoms with Crippen molar-refractivity contribution in [2.45, 2.75) is 17.9 Å². The van der Waals surface area contributed by atoms with Gasteiger partial charge < -0.3 is 10.1 Å². The third-order valence-electron chi connectivity index (χ3n) is 3.29. The van der Waals surface area contributed by atoms with Crippen LogP contribution >= 0.6 is 81.4 Å². The molecular formula is C17H11Cl6NO3S. The van der Waals surface area contributed by atoms with Gasteiger partial charge in [0.1, 0.15) is 0 Å². The fraction of sp³-hybridized carbons (Fsp3) is 0.176. The van der Waals surface area contributed by atoms with Crippen molar-refractivity contribution < 1.29 is 14.3 Å². The average molecular weight is 522 g/mol. The molecule has 0 aliphatic heterocycles. The first-order valence-electron chi connectivity index (χ1n) is 7.51. The Balaban J connectivity index is 1.92. The highest BCUT2D eigenvalue weighted by Gasteiger charge is 2.20. The van der Waals surface area contributed by atoms with Crippen molar-refractivity contribution in [3.05, 3.63) is 54.4 Å². The first-order chi connectivity index (χ1) is 13.1. The van der Waals surface area contributed by atoms with Gasteiger partial charge in [0.15, 0.2) is 6.10 Å². The average Bonchev–Trinajstić information content (AvgIpc) is 2.63. The summed E-state index contributed by atoms with van der Waals surface area (Å²) in [4.78, 5) is 24.8. The predicted octanol–water partition coefficient (Wildman–Crippen LogP) is 7.27. The van der Waals surface area contributed by atoms with Crippen LogP contribution in [0.4, 0.5) is 5.69 Å². The van der Waals surface area contributed by atoms with Crippen LogP contribution in [0.25, 0.3) is 0 Å². The molecule has 1 N–H and O–H groups in total. The number of ether oxygens (including phenoxy) is 1. The number of rotatable bonds is 6. The first-order valence-corrected chi connectivity index (χ1v) is 10.8. The molecular weight excluding hydrogens is 511 g/mol. The van der Waals surface area contributed by atoms with E-state index in [1.54, 1.807) is 12.1 Å². The van der Waals surface area contributed by atoms with Crippen molar-refractivity contribution in [2.24, 2.45) is 0 Å². The normalized spacial score (nSPS) is 11.8. The van der Waals surface area contributed by atoms with Crippen LogP contribution in [0, 0.1) is 0 Å². The molecule has 0 aliphatic carbocycles. The summed E-state index contributed by atoms with van der Waals surface area (Å²) in [5.41, 5.74) is 0.251. The Morgan fingerprint density at radius 2 is 1.61 bits per heavy atom. The fourth-order valence-corrected chi connectivity index (χ4v) is 3.98. The van der Waals surface area contributed by atoms with Crippen LogP contribution in [-0.2, 0) is 14.3 Å². The molecule has 28 heavy (non-hydrogen) atoms. The molecule has 0 saturated heterocycles. The molecule has 0 saturated carbocycles. The van der Waals surface area contributed by atoms with Crippen LogP contribution in [0.2, 0.25) is 30.1 Å². The summed E-state index contributed by atoms with van der Waals surface area (Å²) in [7, 11) is 0. The van der Waals surface area contributed by atoms with Crippen LogP contribution in [0.15, 0.2) is 29.2 Å². The summed E-state index contributed by atoms with van der Waals surface area (Å²) in [6, 6.07) is 6.01. The number of benzene rings is 2. The van der Waals surface area contributed by atoms with Crippen LogP contribution in [0.3, 0.4) is 0 Å². The smallest absolute Gasteiger partial charge is 0.317 e. The second-order valence-corrected chi connectivity index (χ2v) is 8.73. The number of carbonyl (C=O) groups excluding carboxylic acids is 2. The molecule has 0 aromatic heterocycles. The van der Waals surface area contributed by atoms with Gasteiger partial charge in [0, 0.05) is 4.90 Å². The minimum Gasteiger partial charge on any atom is -0.452 e. The van der Waals surface area contributed by atoms with Gasteiger partial charge >= 0.3 is 5.97 Å². The number of nitrogens with one attached hydrogen (secondary N) is 1. The fourth-order valence-electron chi connectivity index (χ4n) is 1.89. The molecule has 0 radical (unpaired) electrons. The molecule has 11 heteroatoms. The summed E-state index contributed by atoms with van der Waals surface area (Å²) in [6.07, 6.45) is -1.07. The summed E-state index contributed by atoms with van der Waals surface area (Å²) < 4.78 is 5.12. The molecule has 0 aliphatic rings. The van der Waals surface area contributed by atoms with Crippen molar-refractivity contribution in [3.63, 3.8) is 0 Å². The van der Waals surface area contributed by atoms with E-state index in [9.17, 15) is 9.59 Å². The Morgan fingerprint density at radius 1 is 0.964 bits per heavy atom. The summed E-state index contributed by atoms with van der Waals surface area (Å²) >= 11 is 36.8. The Labute approximate surface area is 195 Å². The molecule has 0 fully saturated rings. The van der Waals surface area contributed by atoms with E-state index >= 15 is 0 Å². The standard InChI is InChI=1S/C17H11Cl6NO3S/c1-7(17(26)24-12-5-10(20)9(19)4-11(12)21)27-14(25)6-28-13-3-2-8(18)15(22)16(13)23/h2-5,7H,6H2,1H3,(H,24,26)/t7-/m1/s1. The van der Waals surface area contributed by atoms with Gasteiger partial charge in [0.2, 0.25) is 0 Å². The minimum absolute atomic E-state index is 0.0805. The molecule has 0 spiro atoms. The molecule has 0 heterocycles. The number of hydrogen-bond donors (Lipinski definition) is 1. The van der Waals surface area contributed by atoms with Crippen molar-refractivity contribution in [1.29, 1.82) is 0 Å². The van der Waals surface area contributed by atoms with Crippen molar-refractivity contribution in [2.75, 3.05) is 11.1 Å². The maximum atomic E-state index is 12.2. The number of hydrogen-bond acceptors (Lipinski definition) is 4. The predicted molar refractivity (Wildman–Crippen MR) is 118 cm³/mol. The lowest BCUT2D eigenvalue weighted by molar-refractivity contribution is -0.150. The molecule has 2 aromatic carbocycles. The monoisotopic (exact) mass is 519 g/mol. The van der Waals surface area contributed by atoms with E-state index in [2.05, 4.69) is 5.32 Å². The molecule has 150 valence electrons. The van der Waals surface area contributed by atoms with Gasteiger partial charge in [0.05, 0.1) is 41.6 Å². The largest absolute Gasteiger partial charge is 0.452 e. The molecule has 2 rings (SSSR count). The lowest BCUT2D eigenvalue weighted by Gasteiger charge is -2.15. The minimum atomic E-state index is -1.07. The van der Waals surface area contributed by atoms with Gasteiger partial charge in [-0.15, -0.1) is 11.8 Å². The lowest BCUT2D eigenvalue weighted by atomic mass is 10.3. The number of anilines is 1. The topological polar surface area (TPSA) is 55.4 Å². The second kappa shape index (κ2) is 10.5. The molecule has 0 unspecified atom stereocenters. The van der Waals surface area contributed by atoms with E-state index in [0.717, 1.165) is 11.8 Å². The van der Waals surface area contributed by atoms with Gasteiger partial charge in [-0.3, -0.25) is 9.59 Å². The maximum Gasteiger partial charge on any atom is 0.317 e. The molecule has 4 nitrogen and oxygen atoms in total. The Hall–Kier alpha value is -0.530. The lowest BCUT2D eigenvalue weighted by Crippen LogP contribution is -2.30. The van der Waals surface area contributed by atoms with E-state index in [0.29, 0.717) is 9.92 Å². The maximum absolute atomic E-state index is 12.2. The SMILES string of the molecule is C[C@@H](OC(=O)CSc1ccc(Cl)c(Cl)c1Cl)C(=O)Nc1cc(Cl)c(Cl)cc1Cl. The number of halogens is 6. The van der Waals surface area contributed by atoms with Crippen LogP contribution in [-0.4, -0.2) is 23.7 Å². The van der Waals surface area contributed by atoms with Gasteiger partial charge in [0.25, 0.3) is 5.91 Å². The zero-order chi connectivity index (χ0) is 21.0. The van der Waals surface area contributed by atoms with Gasteiger partial charge in [-0.1, -0.05) is 69.6 Å². The van der Waals surface area contributed by atoms with Gasteiger partial charge in [-0.25, -0.2) is 0 Å². The Bertz CT molecular complexity index is 924. The van der Waals surface area contributed by atoms with Crippen molar-refractivity contribution in [3.8, 4) is 0 Å². The van der Waals surface area contributed by atoms with E-state index in [4.69, 9.17) is 74.3 Å². The summed E-state index contributed by atoms with van der Waals surface area (Å²) in [5, 5.41) is 3.96. The van der Waals surface area contributed by atoms with Crippen molar-refractivity contribution >= 4 is 98.9 Å². The number of esters is 1. The zero-order valence-corrected chi connectivity index (χ0v) is 19.3. The third-order valence-corrected chi connectivity index (χ3v) is 6.76. The zero-order valence-electron chi connectivity index (χ0n) is 14.0. The highest BCUT2D eigenvalue weighted by molar-refractivity contribution is 8.00. The molecule has 0 bridgehead atoms. The molecule has 1 atom stereocenters. The summed E-state index contributed by atoms with van der Waals surface area (Å²) in [5.74, 6) is -1.27. The van der Waals surface area contributed by atoms with E-state index in [1.807, 2.05) is 0 Å². The van der Waals surface area contributed by atoms with Crippen molar-refractivity contribution in [1.82, 2.24) is 0 Å². The quantitative estimate of drug-likeness (QED) is 0.188. The number of amides is 1. The van der Waals surface area contributed by atoms with E-state index < -0.39 is 18.0 Å². The Morgan fingerprint density at radius 3 is 2.29 bits per heavy atom.